The van der Waals surface area contributed by atoms with E-state index in [1.807, 2.05) is 60.1 Å². The highest BCUT2D eigenvalue weighted by Gasteiger charge is 2.13. The summed E-state index contributed by atoms with van der Waals surface area (Å²) >= 11 is 0. The van der Waals surface area contributed by atoms with Crippen LogP contribution < -0.4 is 0 Å². The molecule has 0 aliphatic rings. The summed E-state index contributed by atoms with van der Waals surface area (Å²) in [4.78, 5) is 11.6. The molecular formula is C21H22N2O2. The van der Waals surface area contributed by atoms with Crippen LogP contribution in [-0.2, 0) is 16.0 Å². The zero-order valence-electron chi connectivity index (χ0n) is 14.4. The van der Waals surface area contributed by atoms with Crippen molar-refractivity contribution in [2.75, 3.05) is 6.61 Å². The zero-order chi connectivity index (χ0) is 17.5. The SMILES string of the molecule is CCOC(=O)CCCc1nn(-c2ccccc2)cc1-c1ccccc1. The summed E-state index contributed by atoms with van der Waals surface area (Å²) in [5, 5.41) is 4.76. The van der Waals surface area contributed by atoms with Crippen LogP contribution in [0.15, 0.2) is 66.9 Å². The van der Waals surface area contributed by atoms with Gasteiger partial charge in [0, 0.05) is 18.2 Å². The van der Waals surface area contributed by atoms with Gasteiger partial charge in [-0.3, -0.25) is 4.79 Å². The number of para-hydroxylation sites is 1. The second kappa shape index (κ2) is 8.29. The third kappa shape index (κ3) is 4.35. The van der Waals surface area contributed by atoms with Crippen LogP contribution in [0.3, 0.4) is 0 Å². The van der Waals surface area contributed by atoms with Gasteiger partial charge in [0.1, 0.15) is 0 Å². The predicted octanol–water partition coefficient (Wildman–Crippen LogP) is 4.43. The van der Waals surface area contributed by atoms with E-state index in [1.165, 1.54) is 0 Å². The highest BCUT2D eigenvalue weighted by Crippen LogP contribution is 2.25. The van der Waals surface area contributed by atoms with Gasteiger partial charge in [0.2, 0.25) is 0 Å². The van der Waals surface area contributed by atoms with Crippen LogP contribution >= 0.6 is 0 Å². The number of aryl methyl sites for hydroxylation is 1. The van der Waals surface area contributed by atoms with Crippen LogP contribution in [0.1, 0.15) is 25.5 Å². The van der Waals surface area contributed by atoms with Crippen LogP contribution in [0.4, 0.5) is 0 Å². The first-order valence-electron chi connectivity index (χ1n) is 8.63. The van der Waals surface area contributed by atoms with Crippen LogP contribution in [0.5, 0.6) is 0 Å². The molecular weight excluding hydrogens is 312 g/mol. The van der Waals surface area contributed by atoms with Gasteiger partial charge in [0.25, 0.3) is 0 Å². The largest absolute Gasteiger partial charge is 0.466 e. The summed E-state index contributed by atoms with van der Waals surface area (Å²) in [6.07, 6.45) is 3.94. The van der Waals surface area contributed by atoms with E-state index in [2.05, 4.69) is 18.3 Å². The van der Waals surface area contributed by atoms with Gasteiger partial charge in [-0.05, 0) is 37.5 Å². The molecule has 0 aliphatic carbocycles. The predicted molar refractivity (Wildman–Crippen MR) is 98.6 cm³/mol. The fourth-order valence-corrected chi connectivity index (χ4v) is 2.80. The monoisotopic (exact) mass is 334 g/mol. The Morgan fingerprint density at radius 2 is 1.72 bits per heavy atom. The number of carbonyl (C=O) groups excluding carboxylic acids is 1. The molecule has 0 spiro atoms. The van der Waals surface area contributed by atoms with Crippen molar-refractivity contribution in [2.24, 2.45) is 0 Å². The summed E-state index contributed by atoms with van der Waals surface area (Å²) in [6.45, 7) is 2.25. The lowest BCUT2D eigenvalue weighted by Gasteiger charge is -2.03. The van der Waals surface area contributed by atoms with Crippen LogP contribution in [0.25, 0.3) is 16.8 Å². The number of esters is 1. The number of carbonyl (C=O) groups is 1. The summed E-state index contributed by atoms with van der Waals surface area (Å²) in [5.74, 6) is -0.147. The average Bonchev–Trinajstić information content (AvgIpc) is 3.08. The molecule has 0 aliphatic heterocycles. The summed E-state index contributed by atoms with van der Waals surface area (Å²) in [5.41, 5.74) is 4.26. The van der Waals surface area contributed by atoms with Gasteiger partial charge in [0.15, 0.2) is 0 Å². The number of nitrogens with zero attached hydrogens (tertiary/aromatic N) is 2. The molecule has 0 saturated carbocycles. The van der Waals surface area contributed by atoms with Crippen molar-refractivity contribution in [3.05, 3.63) is 72.6 Å². The van der Waals surface area contributed by atoms with E-state index in [-0.39, 0.29) is 5.97 Å². The molecule has 1 heterocycles. The number of rotatable bonds is 7. The van der Waals surface area contributed by atoms with Crippen molar-refractivity contribution in [2.45, 2.75) is 26.2 Å². The van der Waals surface area contributed by atoms with Gasteiger partial charge in [-0.25, -0.2) is 4.68 Å². The number of benzene rings is 2. The van der Waals surface area contributed by atoms with E-state index in [9.17, 15) is 4.79 Å². The molecule has 1 aromatic heterocycles. The molecule has 0 saturated heterocycles. The van der Waals surface area contributed by atoms with Crippen LogP contribution in [0.2, 0.25) is 0 Å². The minimum absolute atomic E-state index is 0.147. The molecule has 0 fully saturated rings. The van der Waals surface area contributed by atoms with Gasteiger partial charge in [-0.1, -0.05) is 48.5 Å². The van der Waals surface area contributed by atoms with Crippen molar-refractivity contribution in [1.29, 1.82) is 0 Å². The Morgan fingerprint density at radius 3 is 2.40 bits per heavy atom. The van der Waals surface area contributed by atoms with Gasteiger partial charge < -0.3 is 4.74 Å². The molecule has 3 aromatic rings. The normalized spacial score (nSPS) is 10.6. The molecule has 25 heavy (non-hydrogen) atoms. The molecule has 0 radical (unpaired) electrons. The third-order valence-corrected chi connectivity index (χ3v) is 4.00. The molecule has 0 bridgehead atoms. The number of aromatic nitrogens is 2. The van der Waals surface area contributed by atoms with Crippen molar-refractivity contribution >= 4 is 5.97 Å². The van der Waals surface area contributed by atoms with Gasteiger partial charge in [0.05, 0.1) is 18.0 Å². The smallest absolute Gasteiger partial charge is 0.305 e. The summed E-state index contributed by atoms with van der Waals surface area (Å²) in [6, 6.07) is 20.3. The zero-order valence-corrected chi connectivity index (χ0v) is 14.4. The molecule has 2 aromatic carbocycles. The van der Waals surface area contributed by atoms with E-state index in [0.717, 1.165) is 35.3 Å². The molecule has 0 atom stereocenters. The van der Waals surface area contributed by atoms with Crippen molar-refractivity contribution in [3.63, 3.8) is 0 Å². The van der Waals surface area contributed by atoms with Crippen molar-refractivity contribution < 1.29 is 9.53 Å². The van der Waals surface area contributed by atoms with E-state index in [0.29, 0.717) is 13.0 Å². The lowest BCUT2D eigenvalue weighted by molar-refractivity contribution is -0.143. The first-order chi connectivity index (χ1) is 12.3. The minimum atomic E-state index is -0.147. The molecule has 0 unspecified atom stereocenters. The number of ether oxygens (including phenoxy) is 1. The second-order valence-electron chi connectivity index (χ2n) is 5.79. The van der Waals surface area contributed by atoms with E-state index in [1.54, 1.807) is 0 Å². The lowest BCUT2D eigenvalue weighted by Crippen LogP contribution is -2.04. The van der Waals surface area contributed by atoms with E-state index >= 15 is 0 Å². The lowest BCUT2D eigenvalue weighted by atomic mass is 10.0. The quantitative estimate of drug-likeness (QED) is 0.601. The Morgan fingerprint density at radius 1 is 1.04 bits per heavy atom. The summed E-state index contributed by atoms with van der Waals surface area (Å²) < 4.78 is 6.91. The number of hydrogen-bond donors (Lipinski definition) is 0. The molecule has 4 nitrogen and oxygen atoms in total. The molecule has 128 valence electrons. The highest BCUT2D eigenvalue weighted by molar-refractivity contribution is 5.69. The van der Waals surface area contributed by atoms with Crippen molar-refractivity contribution in [3.8, 4) is 16.8 Å². The average molecular weight is 334 g/mol. The Kier molecular flexibility index (Phi) is 5.62. The molecule has 4 heteroatoms. The second-order valence-corrected chi connectivity index (χ2v) is 5.79. The maximum Gasteiger partial charge on any atom is 0.305 e. The number of hydrogen-bond acceptors (Lipinski definition) is 3. The third-order valence-electron chi connectivity index (χ3n) is 4.00. The maximum atomic E-state index is 11.6. The molecule has 3 rings (SSSR count). The Hall–Kier alpha value is -2.88. The minimum Gasteiger partial charge on any atom is -0.466 e. The standard InChI is InChI=1S/C21H22N2O2/c1-2-25-21(24)15-9-14-20-19(17-10-5-3-6-11-17)16-23(22-20)18-12-7-4-8-13-18/h3-8,10-13,16H,2,9,14-15H2,1H3. The Balaban J connectivity index is 1.84. The van der Waals surface area contributed by atoms with Gasteiger partial charge >= 0.3 is 5.97 Å². The van der Waals surface area contributed by atoms with Gasteiger partial charge in [-0.2, -0.15) is 5.10 Å². The van der Waals surface area contributed by atoms with Crippen LogP contribution in [0, 0.1) is 0 Å². The molecule has 0 N–H and O–H groups in total. The topological polar surface area (TPSA) is 44.1 Å². The van der Waals surface area contributed by atoms with Crippen molar-refractivity contribution in [1.82, 2.24) is 9.78 Å². The maximum absolute atomic E-state index is 11.6. The Bertz CT molecular complexity index is 810. The van der Waals surface area contributed by atoms with E-state index < -0.39 is 0 Å². The fraction of sp³-hybridized carbons (Fsp3) is 0.238. The Labute approximate surface area is 148 Å². The van der Waals surface area contributed by atoms with Gasteiger partial charge in [-0.15, -0.1) is 0 Å². The highest BCUT2D eigenvalue weighted by atomic mass is 16.5. The molecule has 0 amide bonds. The first-order valence-corrected chi connectivity index (χ1v) is 8.63. The van der Waals surface area contributed by atoms with Crippen LogP contribution in [-0.4, -0.2) is 22.4 Å². The van der Waals surface area contributed by atoms with E-state index in [4.69, 9.17) is 9.84 Å². The fourth-order valence-electron chi connectivity index (χ4n) is 2.80. The summed E-state index contributed by atoms with van der Waals surface area (Å²) in [7, 11) is 0. The first kappa shape index (κ1) is 17.0.